The number of anilines is 1. The van der Waals surface area contributed by atoms with Crippen LogP contribution in [0.4, 0.5) is 5.00 Å². The summed E-state index contributed by atoms with van der Waals surface area (Å²) in [5.74, 6) is -0.872. The standard InChI is InChI=1S/C26H23N3O3S/c1-12-6-8-13(9-7-12)22-21-15-10-16(23(21)32-28-22)20-19(15)24(30)29(25(20)31)26-17(11-27)14-4-2-3-5-18(14)33-26/h6-9,15-16,19-21,23H,2-5,10H2,1H3/t15-,16+,19-,20+,21-,23-/m1/s1. The number of amides is 2. The van der Waals surface area contributed by atoms with Gasteiger partial charge in [0.25, 0.3) is 0 Å². The van der Waals surface area contributed by atoms with Crippen molar-refractivity contribution in [2.45, 2.75) is 45.1 Å². The van der Waals surface area contributed by atoms with Gasteiger partial charge in [0.2, 0.25) is 11.8 Å². The first-order valence-corrected chi connectivity index (χ1v) is 12.6. The molecule has 3 aliphatic carbocycles. The molecule has 2 aromatic rings. The predicted octanol–water partition coefficient (Wildman–Crippen LogP) is 3.98. The first-order chi connectivity index (χ1) is 16.1. The fourth-order valence-electron chi connectivity index (χ4n) is 7.11. The van der Waals surface area contributed by atoms with Crippen molar-refractivity contribution in [2.24, 2.45) is 34.7 Å². The zero-order chi connectivity index (χ0) is 22.4. The monoisotopic (exact) mass is 457 g/mol. The van der Waals surface area contributed by atoms with Gasteiger partial charge in [-0.2, -0.15) is 5.26 Å². The molecule has 7 rings (SSSR count). The van der Waals surface area contributed by atoms with Gasteiger partial charge in [-0.15, -0.1) is 11.3 Å². The number of nitriles is 1. The normalized spacial score (nSPS) is 33.5. The SMILES string of the molecule is Cc1ccc(C2=NO[C@@H]3[C@H]4C[C@H]([C@H]5C(=O)N(c6sc7c(c6C#N)CCCC7)C(=O)[C@@H]45)[C@H]23)cc1. The van der Waals surface area contributed by atoms with E-state index in [1.807, 2.05) is 0 Å². The van der Waals surface area contributed by atoms with Crippen molar-refractivity contribution in [1.29, 1.82) is 5.26 Å². The second-order valence-electron chi connectivity index (χ2n) is 10.1. The molecule has 2 bridgehead atoms. The summed E-state index contributed by atoms with van der Waals surface area (Å²) in [5.41, 5.74) is 4.72. The number of benzene rings is 1. The topological polar surface area (TPSA) is 82.8 Å². The Morgan fingerprint density at radius 2 is 1.79 bits per heavy atom. The van der Waals surface area contributed by atoms with Crippen LogP contribution in [0.15, 0.2) is 29.4 Å². The van der Waals surface area contributed by atoms with Crippen LogP contribution in [-0.2, 0) is 27.3 Å². The lowest BCUT2D eigenvalue weighted by Crippen LogP contribution is -2.41. The van der Waals surface area contributed by atoms with Gasteiger partial charge in [0.15, 0.2) is 0 Å². The van der Waals surface area contributed by atoms with Gasteiger partial charge in [-0.05, 0) is 56.1 Å². The fraction of sp³-hybridized carbons (Fsp3) is 0.462. The van der Waals surface area contributed by atoms with E-state index in [2.05, 4.69) is 42.4 Å². The van der Waals surface area contributed by atoms with E-state index in [-0.39, 0.29) is 47.5 Å². The average molecular weight is 458 g/mol. The van der Waals surface area contributed by atoms with Gasteiger partial charge < -0.3 is 4.84 Å². The number of hydrogen-bond acceptors (Lipinski definition) is 6. The highest BCUT2D eigenvalue weighted by Crippen LogP contribution is 2.62. The third-order valence-electron chi connectivity index (χ3n) is 8.51. The summed E-state index contributed by atoms with van der Waals surface area (Å²) >= 11 is 1.48. The highest BCUT2D eigenvalue weighted by Gasteiger charge is 2.70. The maximum Gasteiger partial charge on any atom is 0.238 e. The Bertz CT molecular complexity index is 1290. The zero-order valence-corrected chi connectivity index (χ0v) is 19.1. The van der Waals surface area contributed by atoms with Crippen LogP contribution in [-0.4, -0.2) is 23.6 Å². The lowest BCUT2D eigenvalue weighted by Gasteiger charge is -2.29. The van der Waals surface area contributed by atoms with E-state index in [0.717, 1.165) is 48.9 Å². The molecule has 166 valence electrons. The van der Waals surface area contributed by atoms with Crippen molar-refractivity contribution in [2.75, 3.05) is 4.90 Å². The van der Waals surface area contributed by atoms with Gasteiger partial charge in [0.1, 0.15) is 17.2 Å². The lowest BCUT2D eigenvalue weighted by molar-refractivity contribution is -0.125. The molecular weight excluding hydrogens is 434 g/mol. The summed E-state index contributed by atoms with van der Waals surface area (Å²) in [5, 5.41) is 14.9. The van der Waals surface area contributed by atoms with Crippen molar-refractivity contribution in [3.63, 3.8) is 0 Å². The minimum absolute atomic E-state index is 0.00160. The Morgan fingerprint density at radius 1 is 1.06 bits per heavy atom. The van der Waals surface area contributed by atoms with E-state index in [4.69, 9.17) is 4.84 Å². The van der Waals surface area contributed by atoms with Crippen molar-refractivity contribution in [1.82, 2.24) is 0 Å². The lowest BCUT2D eigenvalue weighted by atomic mass is 9.71. The third-order valence-corrected chi connectivity index (χ3v) is 9.78. The van der Waals surface area contributed by atoms with Gasteiger partial charge in [0.05, 0.1) is 23.1 Å². The van der Waals surface area contributed by atoms with Crippen molar-refractivity contribution < 1.29 is 14.4 Å². The average Bonchev–Trinajstić information content (AvgIpc) is 3.60. The number of oxime groups is 1. The summed E-state index contributed by atoms with van der Waals surface area (Å²) < 4.78 is 0. The number of imide groups is 1. The van der Waals surface area contributed by atoms with E-state index < -0.39 is 0 Å². The van der Waals surface area contributed by atoms with Crippen LogP contribution in [0.3, 0.4) is 0 Å². The van der Waals surface area contributed by atoms with Crippen LogP contribution in [0.5, 0.6) is 0 Å². The van der Waals surface area contributed by atoms with E-state index in [0.29, 0.717) is 10.6 Å². The van der Waals surface area contributed by atoms with E-state index in [1.165, 1.54) is 26.7 Å². The van der Waals surface area contributed by atoms with E-state index in [9.17, 15) is 14.9 Å². The molecule has 2 saturated carbocycles. The van der Waals surface area contributed by atoms with Crippen LogP contribution in [0.2, 0.25) is 0 Å². The van der Waals surface area contributed by atoms with E-state index >= 15 is 0 Å². The minimum atomic E-state index is -0.359. The first kappa shape index (κ1) is 19.5. The van der Waals surface area contributed by atoms with Crippen molar-refractivity contribution in [3.8, 4) is 6.07 Å². The third kappa shape index (κ3) is 2.45. The molecule has 5 aliphatic rings. The summed E-state index contributed by atoms with van der Waals surface area (Å²) in [6.45, 7) is 2.05. The van der Waals surface area contributed by atoms with Crippen molar-refractivity contribution >= 4 is 33.9 Å². The second kappa shape index (κ2) is 6.77. The second-order valence-corrected chi connectivity index (χ2v) is 11.2. The molecule has 0 spiro atoms. The molecule has 1 aromatic heterocycles. The van der Waals surface area contributed by atoms with E-state index in [1.54, 1.807) is 0 Å². The number of hydrogen-bond donors (Lipinski definition) is 0. The van der Waals surface area contributed by atoms with Crippen molar-refractivity contribution in [3.05, 3.63) is 51.4 Å². The molecule has 2 amide bonds. The molecule has 6 atom stereocenters. The molecule has 0 radical (unpaired) electrons. The van der Waals surface area contributed by atoms with Crippen LogP contribution in [0, 0.1) is 47.8 Å². The number of carbonyl (C=O) groups excluding carboxylic acids is 2. The van der Waals surface area contributed by atoms with Crippen LogP contribution in [0.25, 0.3) is 0 Å². The van der Waals surface area contributed by atoms with Crippen LogP contribution >= 0.6 is 11.3 Å². The first-order valence-electron chi connectivity index (χ1n) is 11.8. The van der Waals surface area contributed by atoms with Gasteiger partial charge in [-0.3, -0.25) is 9.59 Å². The molecule has 3 heterocycles. The molecule has 6 nitrogen and oxygen atoms in total. The summed E-state index contributed by atoms with van der Waals surface area (Å²) in [6.07, 6.45) is 4.62. The Kier molecular flexibility index (Phi) is 4.00. The number of nitrogens with zero attached hydrogens (tertiary/aromatic N) is 3. The molecule has 1 saturated heterocycles. The Morgan fingerprint density at radius 3 is 2.55 bits per heavy atom. The fourth-order valence-corrected chi connectivity index (χ4v) is 8.46. The van der Waals surface area contributed by atoms with Crippen LogP contribution in [0.1, 0.15) is 46.4 Å². The molecule has 33 heavy (non-hydrogen) atoms. The Labute approximate surface area is 195 Å². The number of thiophene rings is 1. The number of rotatable bonds is 2. The molecular formula is C26H23N3O3S. The molecule has 0 unspecified atom stereocenters. The smallest absolute Gasteiger partial charge is 0.238 e. The maximum absolute atomic E-state index is 13.8. The maximum atomic E-state index is 13.8. The van der Waals surface area contributed by atoms with Gasteiger partial charge in [0, 0.05) is 16.7 Å². The van der Waals surface area contributed by atoms with Gasteiger partial charge in [-0.25, -0.2) is 4.90 Å². The minimum Gasteiger partial charge on any atom is -0.391 e. The molecule has 2 aliphatic heterocycles. The molecule has 1 aromatic carbocycles. The number of fused-ring (bicyclic) bond motifs is 9. The summed E-state index contributed by atoms with van der Waals surface area (Å²) in [6, 6.07) is 10.6. The molecule has 3 fully saturated rings. The summed E-state index contributed by atoms with van der Waals surface area (Å²) in [7, 11) is 0. The summed E-state index contributed by atoms with van der Waals surface area (Å²) in [4.78, 5) is 35.9. The number of carbonyl (C=O) groups is 2. The zero-order valence-electron chi connectivity index (χ0n) is 18.3. The largest absolute Gasteiger partial charge is 0.391 e. The van der Waals surface area contributed by atoms with Gasteiger partial charge in [-0.1, -0.05) is 35.0 Å². The Balaban J connectivity index is 1.25. The quantitative estimate of drug-likeness (QED) is 0.639. The van der Waals surface area contributed by atoms with Gasteiger partial charge >= 0.3 is 0 Å². The molecule has 7 heteroatoms. The van der Waals surface area contributed by atoms with Crippen LogP contribution < -0.4 is 4.90 Å². The predicted molar refractivity (Wildman–Crippen MR) is 123 cm³/mol. The highest BCUT2D eigenvalue weighted by molar-refractivity contribution is 7.17. The Hall–Kier alpha value is -2.98. The molecule has 0 N–H and O–H groups in total. The number of aryl methyl sites for hydroxylation is 2. The highest BCUT2D eigenvalue weighted by atomic mass is 32.1.